The highest BCUT2D eigenvalue weighted by Gasteiger charge is 2.11. The van der Waals surface area contributed by atoms with E-state index in [-0.39, 0.29) is 5.78 Å². The van der Waals surface area contributed by atoms with E-state index in [0.29, 0.717) is 15.9 Å². The summed E-state index contributed by atoms with van der Waals surface area (Å²) >= 11 is 9.12. The maximum Gasteiger partial charge on any atom is 0.174 e. The van der Waals surface area contributed by atoms with Crippen LogP contribution in [0, 0.1) is 13.8 Å². The molecule has 0 spiro atoms. The topological polar surface area (TPSA) is 17.1 Å². The Kier molecular flexibility index (Phi) is 3.51. The van der Waals surface area contributed by atoms with E-state index in [4.69, 9.17) is 11.6 Å². The number of aryl methyl sites for hydroxylation is 2. The summed E-state index contributed by atoms with van der Waals surface area (Å²) in [7, 11) is 0. The zero-order chi connectivity index (χ0) is 10.0. The van der Waals surface area contributed by atoms with Gasteiger partial charge in [-0.1, -0.05) is 39.2 Å². The summed E-state index contributed by atoms with van der Waals surface area (Å²) in [5.74, 6) is 0.0248. The number of carbonyl (C=O) groups is 1. The molecule has 0 bridgehead atoms. The van der Waals surface area contributed by atoms with Crippen LogP contribution in [0.3, 0.4) is 0 Å². The lowest BCUT2D eigenvalue weighted by molar-refractivity contribution is 0.102. The van der Waals surface area contributed by atoms with Crippen LogP contribution in [0.1, 0.15) is 21.5 Å². The first-order chi connectivity index (χ1) is 6.06. The highest BCUT2D eigenvalue weighted by Crippen LogP contribution is 2.23. The van der Waals surface area contributed by atoms with Crippen LogP contribution in [0.15, 0.2) is 12.1 Å². The molecular weight excluding hydrogens is 251 g/mol. The molecule has 0 heterocycles. The molecule has 0 amide bonds. The van der Waals surface area contributed by atoms with E-state index in [1.807, 2.05) is 26.0 Å². The second-order valence-electron chi connectivity index (χ2n) is 3.00. The van der Waals surface area contributed by atoms with E-state index >= 15 is 0 Å². The Bertz CT molecular complexity index is 347. The zero-order valence-electron chi connectivity index (χ0n) is 7.53. The Morgan fingerprint density at radius 2 is 2.08 bits per heavy atom. The summed E-state index contributed by atoms with van der Waals surface area (Å²) < 4.78 is 0. The van der Waals surface area contributed by atoms with Gasteiger partial charge in [-0.25, -0.2) is 0 Å². The number of ketones is 1. The van der Waals surface area contributed by atoms with E-state index < -0.39 is 0 Å². The second-order valence-corrected chi connectivity index (χ2v) is 3.94. The molecule has 0 saturated heterocycles. The van der Waals surface area contributed by atoms with Crippen molar-refractivity contribution in [1.29, 1.82) is 0 Å². The third-order valence-electron chi connectivity index (χ3n) is 1.82. The molecule has 0 aromatic heterocycles. The summed E-state index contributed by atoms with van der Waals surface area (Å²) in [6.07, 6.45) is 0. The molecule has 0 aliphatic heterocycles. The van der Waals surface area contributed by atoms with Gasteiger partial charge in [0.15, 0.2) is 5.78 Å². The molecule has 13 heavy (non-hydrogen) atoms. The van der Waals surface area contributed by atoms with Crippen molar-refractivity contribution in [2.75, 3.05) is 5.33 Å². The fraction of sp³-hybridized carbons (Fsp3) is 0.300. The number of hydrogen-bond acceptors (Lipinski definition) is 1. The smallest absolute Gasteiger partial charge is 0.174 e. The molecule has 1 nitrogen and oxygen atoms in total. The molecule has 3 heteroatoms. The number of alkyl halides is 1. The van der Waals surface area contributed by atoms with E-state index in [2.05, 4.69) is 15.9 Å². The molecule has 0 radical (unpaired) electrons. The van der Waals surface area contributed by atoms with Gasteiger partial charge in [-0.3, -0.25) is 4.79 Å². The van der Waals surface area contributed by atoms with Crippen LogP contribution in [-0.4, -0.2) is 11.1 Å². The molecular formula is C10H10BrClO. The van der Waals surface area contributed by atoms with Crippen LogP contribution in [-0.2, 0) is 0 Å². The molecule has 0 saturated carbocycles. The van der Waals surface area contributed by atoms with Gasteiger partial charge in [0.1, 0.15) is 0 Å². The van der Waals surface area contributed by atoms with Gasteiger partial charge in [-0.15, -0.1) is 0 Å². The summed E-state index contributed by atoms with van der Waals surface area (Å²) in [4.78, 5) is 11.4. The van der Waals surface area contributed by atoms with E-state index in [9.17, 15) is 4.79 Å². The van der Waals surface area contributed by atoms with Crippen LogP contribution >= 0.6 is 27.5 Å². The van der Waals surface area contributed by atoms with Crippen molar-refractivity contribution in [2.24, 2.45) is 0 Å². The molecule has 0 unspecified atom stereocenters. The number of Topliss-reactive ketones (excluding diaryl/α,β-unsaturated/α-hetero) is 1. The molecule has 0 N–H and O–H groups in total. The highest BCUT2D eigenvalue weighted by molar-refractivity contribution is 9.09. The molecule has 0 aliphatic carbocycles. The van der Waals surface area contributed by atoms with Gasteiger partial charge in [0.2, 0.25) is 0 Å². The minimum absolute atomic E-state index is 0.0248. The van der Waals surface area contributed by atoms with Crippen LogP contribution in [0.5, 0.6) is 0 Å². The predicted molar refractivity (Wildman–Crippen MR) is 59.1 cm³/mol. The van der Waals surface area contributed by atoms with Crippen LogP contribution in [0.4, 0.5) is 0 Å². The summed E-state index contributed by atoms with van der Waals surface area (Å²) in [5.41, 5.74) is 2.62. The van der Waals surface area contributed by atoms with Crippen molar-refractivity contribution in [3.63, 3.8) is 0 Å². The first-order valence-corrected chi connectivity index (χ1v) is 5.42. The highest BCUT2D eigenvalue weighted by atomic mass is 79.9. The molecule has 0 fully saturated rings. The summed E-state index contributed by atoms with van der Waals surface area (Å²) in [6.45, 7) is 3.86. The van der Waals surface area contributed by atoms with Crippen molar-refractivity contribution >= 4 is 33.3 Å². The second kappa shape index (κ2) is 4.25. The average Bonchev–Trinajstić information content (AvgIpc) is 2.10. The fourth-order valence-electron chi connectivity index (χ4n) is 1.22. The zero-order valence-corrected chi connectivity index (χ0v) is 9.87. The SMILES string of the molecule is Cc1cc(C)c(Cl)c(C(=O)CBr)c1. The van der Waals surface area contributed by atoms with E-state index in [1.165, 1.54) is 0 Å². The van der Waals surface area contributed by atoms with E-state index in [1.54, 1.807) is 0 Å². The Labute approximate surface area is 91.2 Å². The fourth-order valence-corrected chi connectivity index (χ4v) is 1.74. The molecule has 0 aliphatic rings. The van der Waals surface area contributed by atoms with Gasteiger partial charge in [0, 0.05) is 5.56 Å². The molecule has 1 rings (SSSR count). The molecule has 0 atom stereocenters. The van der Waals surface area contributed by atoms with Gasteiger partial charge >= 0.3 is 0 Å². The number of benzene rings is 1. The molecule has 1 aromatic carbocycles. The predicted octanol–water partition coefficient (Wildman–Crippen LogP) is 3.53. The van der Waals surface area contributed by atoms with Crippen LogP contribution in [0.25, 0.3) is 0 Å². The molecule has 70 valence electrons. The van der Waals surface area contributed by atoms with Crippen molar-refractivity contribution < 1.29 is 4.79 Å². The Morgan fingerprint density at radius 1 is 1.46 bits per heavy atom. The Hall–Kier alpha value is -0.340. The van der Waals surface area contributed by atoms with Gasteiger partial charge in [0.25, 0.3) is 0 Å². The summed E-state index contributed by atoms with van der Waals surface area (Å²) in [6, 6.07) is 3.78. The lowest BCUT2D eigenvalue weighted by atomic mass is 10.0. The van der Waals surface area contributed by atoms with Crippen molar-refractivity contribution in [3.05, 3.63) is 33.8 Å². The first kappa shape index (κ1) is 10.7. The first-order valence-electron chi connectivity index (χ1n) is 3.92. The summed E-state index contributed by atoms with van der Waals surface area (Å²) in [5, 5.41) is 0.880. The minimum atomic E-state index is 0.0248. The molecule has 1 aromatic rings. The van der Waals surface area contributed by atoms with Gasteiger partial charge in [0.05, 0.1) is 10.4 Å². The quantitative estimate of drug-likeness (QED) is 0.588. The number of carbonyl (C=O) groups excluding carboxylic acids is 1. The maximum atomic E-state index is 11.4. The third-order valence-corrected chi connectivity index (χ3v) is 2.83. The van der Waals surface area contributed by atoms with Crippen LogP contribution < -0.4 is 0 Å². The lowest BCUT2D eigenvalue weighted by Crippen LogP contribution is -2.02. The number of rotatable bonds is 2. The monoisotopic (exact) mass is 260 g/mol. The normalized spacial score (nSPS) is 10.2. The van der Waals surface area contributed by atoms with Crippen LogP contribution in [0.2, 0.25) is 5.02 Å². The lowest BCUT2D eigenvalue weighted by Gasteiger charge is -2.05. The van der Waals surface area contributed by atoms with Gasteiger partial charge < -0.3 is 0 Å². The van der Waals surface area contributed by atoms with Crippen molar-refractivity contribution in [3.8, 4) is 0 Å². The standard InChI is InChI=1S/C10H10BrClO/c1-6-3-7(2)10(12)8(4-6)9(13)5-11/h3-4H,5H2,1-2H3. The third kappa shape index (κ3) is 2.32. The number of halogens is 2. The Morgan fingerprint density at radius 3 is 2.62 bits per heavy atom. The average molecular weight is 262 g/mol. The van der Waals surface area contributed by atoms with E-state index in [0.717, 1.165) is 11.1 Å². The largest absolute Gasteiger partial charge is 0.293 e. The number of hydrogen-bond donors (Lipinski definition) is 0. The van der Waals surface area contributed by atoms with Crippen molar-refractivity contribution in [1.82, 2.24) is 0 Å². The minimum Gasteiger partial charge on any atom is -0.293 e. The van der Waals surface area contributed by atoms with Gasteiger partial charge in [-0.05, 0) is 25.5 Å². The van der Waals surface area contributed by atoms with Gasteiger partial charge in [-0.2, -0.15) is 0 Å². The van der Waals surface area contributed by atoms with Crippen molar-refractivity contribution in [2.45, 2.75) is 13.8 Å². The Balaban J connectivity index is 3.28. The maximum absolute atomic E-state index is 11.4.